The smallest absolute Gasteiger partial charge is 0.137 e. The Morgan fingerprint density at radius 1 is 1.50 bits per heavy atom. The number of aliphatic hydroxyl groups is 1. The Morgan fingerprint density at radius 2 is 2.21 bits per heavy atom. The van der Waals surface area contributed by atoms with Crippen LogP contribution in [0.1, 0.15) is 33.6 Å². The Labute approximate surface area is 85.0 Å². The maximum absolute atomic E-state index is 9.70. The molecule has 1 aromatic heterocycles. The van der Waals surface area contributed by atoms with Crippen molar-refractivity contribution in [2.45, 2.75) is 45.8 Å². The molecule has 1 N–H and O–H groups in total. The van der Waals surface area contributed by atoms with Gasteiger partial charge < -0.3 is 5.11 Å². The van der Waals surface area contributed by atoms with Gasteiger partial charge >= 0.3 is 0 Å². The first-order valence-electron chi connectivity index (χ1n) is 5.06. The average molecular weight is 197 g/mol. The molecule has 1 atom stereocenters. The van der Waals surface area contributed by atoms with E-state index in [0.717, 1.165) is 19.4 Å². The summed E-state index contributed by atoms with van der Waals surface area (Å²) in [6.07, 6.45) is 5.09. The van der Waals surface area contributed by atoms with E-state index in [1.807, 2.05) is 18.5 Å². The van der Waals surface area contributed by atoms with Gasteiger partial charge in [0.15, 0.2) is 0 Å². The van der Waals surface area contributed by atoms with E-state index in [-0.39, 0.29) is 0 Å². The molecule has 14 heavy (non-hydrogen) atoms. The summed E-state index contributed by atoms with van der Waals surface area (Å²) < 4.78 is 1.82. The molecule has 0 saturated heterocycles. The van der Waals surface area contributed by atoms with Gasteiger partial charge in [-0.15, -0.1) is 0 Å². The summed E-state index contributed by atoms with van der Waals surface area (Å²) in [6.45, 7) is 6.65. The van der Waals surface area contributed by atoms with Crippen molar-refractivity contribution >= 4 is 0 Å². The first-order chi connectivity index (χ1) is 6.51. The topological polar surface area (TPSA) is 50.9 Å². The molecule has 0 aliphatic carbocycles. The van der Waals surface area contributed by atoms with Gasteiger partial charge in [0.2, 0.25) is 0 Å². The van der Waals surface area contributed by atoms with E-state index in [0.29, 0.717) is 5.92 Å². The molecule has 0 bridgehead atoms. The molecule has 0 radical (unpaired) electrons. The van der Waals surface area contributed by atoms with Crippen molar-refractivity contribution in [1.82, 2.24) is 14.8 Å². The first kappa shape index (κ1) is 11.2. The van der Waals surface area contributed by atoms with Gasteiger partial charge in [-0.3, -0.25) is 4.68 Å². The summed E-state index contributed by atoms with van der Waals surface area (Å²) >= 11 is 0. The third-order valence-corrected chi connectivity index (χ3v) is 2.28. The maximum Gasteiger partial charge on any atom is 0.137 e. The number of aromatic nitrogens is 3. The second kappa shape index (κ2) is 4.55. The van der Waals surface area contributed by atoms with E-state index in [4.69, 9.17) is 0 Å². The van der Waals surface area contributed by atoms with Crippen molar-refractivity contribution in [3.05, 3.63) is 12.7 Å². The molecule has 4 heteroatoms. The fourth-order valence-corrected chi connectivity index (χ4v) is 1.64. The fraction of sp³-hybridized carbons (Fsp3) is 0.800. The van der Waals surface area contributed by atoms with Crippen molar-refractivity contribution in [3.63, 3.8) is 0 Å². The minimum Gasteiger partial charge on any atom is -0.390 e. The van der Waals surface area contributed by atoms with Crippen molar-refractivity contribution in [3.8, 4) is 0 Å². The van der Waals surface area contributed by atoms with Crippen LogP contribution in [0.4, 0.5) is 0 Å². The second-order valence-corrected chi connectivity index (χ2v) is 4.41. The summed E-state index contributed by atoms with van der Waals surface area (Å²) in [7, 11) is 0. The van der Waals surface area contributed by atoms with Gasteiger partial charge in [-0.1, -0.05) is 13.3 Å². The van der Waals surface area contributed by atoms with E-state index in [1.165, 1.54) is 6.33 Å². The highest BCUT2D eigenvalue weighted by Crippen LogP contribution is 2.19. The maximum atomic E-state index is 9.70. The van der Waals surface area contributed by atoms with Crippen molar-refractivity contribution in [1.29, 1.82) is 0 Å². The lowest BCUT2D eigenvalue weighted by atomic mass is 9.92. The summed E-state index contributed by atoms with van der Waals surface area (Å²) in [5.74, 6) is 0.455. The molecule has 1 unspecified atom stereocenters. The molecule has 0 aromatic carbocycles. The van der Waals surface area contributed by atoms with Crippen LogP contribution >= 0.6 is 0 Å². The number of hydrogen-bond donors (Lipinski definition) is 1. The van der Waals surface area contributed by atoms with Crippen LogP contribution in [0.5, 0.6) is 0 Å². The van der Waals surface area contributed by atoms with Crippen LogP contribution in [-0.4, -0.2) is 25.5 Å². The minimum absolute atomic E-state index is 0.455. The van der Waals surface area contributed by atoms with Crippen LogP contribution in [0.2, 0.25) is 0 Å². The lowest BCUT2D eigenvalue weighted by Crippen LogP contribution is -2.25. The van der Waals surface area contributed by atoms with E-state index in [9.17, 15) is 5.11 Å². The molecule has 0 saturated carbocycles. The number of hydrogen-bond acceptors (Lipinski definition) is 3. The van der Waals surface area contributed by atoms with E-state index >= 15 is 0 Å². The molecule has 0 aliphatic rings. The Balaban J connectivity index is 2.47. The van der Waals surface area contributed by atoms with Gasteiger partial charge in [-0.2, -0.15) is 5.10 Å². The normalized spacial score (nSPS) is 14.3. The SMILES string of the molecule is CCC(Cn1cncn1)CC(C)(C)O. The van der Waals surface area contributed by atoms with Crippen LogP contribution in [0.15, 0.2) is 12.7 Å². The van der Waals surface area contributed by atoms with Gasteiger partial charge in [0.1, 0.15) is 12.7 Å². The molecule has 1 rings (SSSR count). The second-order valence-electron chi connectivity index (χ2n) is 4.41. The predicted octanol–water partition coefficient (Wildman–Crippen LogP) is 1.47. The van der Waals surface area contributed by atoms with Crippen LogP contribution in [0.25, 0.3) is 0 Å². The van der Waals surface area contributed by atoms with Gasteiger partial charge in [-0.25, -0.2) is 4.98 Å². The molecular formula is C10H19N3O. The highest BCUT2D eigenvalue weighted by molar-refractivity contribution is 4.72. The van der Waals surface area contributed by atoms with Gasteiger partial charge in [0.25, 0.3) is 0 Å². The molecule has 1 aromatic rings. The van der Waals surface area contributed by atoms with Gasteiger partial charge in [0, 0.05) is 6.54 Å². The molecule has 0 spiro atoms. The standard InChI is InChI=1S/C10H19N3O/c1-4-9(5-10(2,3)14)6-13-8-11-7-12-13/h7-9,14H,4-6H2,1-3H3. The molecule has 0 aliphatic heterocycles. The largest absolute Gasteiger partial charge is 0.390 e. The molecule has 4 nitrogen and oxygen atoms in total. The third kappa shape index (κ3) is 3.87. The van der Waals surface area contributed by atoms with Crippen molar-refractivity contribution in [2.75, 3.05) is 0 Å². The van der Waals surface area contributed by atoms with Crippen LogP contribution < -0.4 is 0 Å². The zero-order valence-electron chi connectivity index (χ0n) is 9.14. The predicted molar refractivity (Wildman–Crippen MR) is 54.7 cm³/mol. The van der Waals surface area contributed by atoms with Crippen LogP contribution in [-0.2, 0) is 6.54 Å². The Morgan fingerprint density at radius 3 is 2.64 bits per heavy atom. The van der Waals surface area contributed by atoms with Gasteiger partial charge in [-0.05, 0) is 26.2 Å². The van der Waals surface area contributed by atoms with Gasteiger partial charge in [0.05, 0.1) is 5.60 Å². The van der Waals surface area contributed by atoms with Crippen molar-refractivity contribution < 1.29 is 5.11 Å². The highest BCUT2D eigenvalue weighted by Gasteiger charge is 2.19. The number of rotatable bonds is 5. The molecular weight excluding hydrogens is 178 g/mol. The van der Waals surface area contributed by atoms with E-state index in [1.54, 1.807) is 6.33 Å². The third-order valence-electron chi connectivity index (χ3n) is 2.28. The Kier molecular flexibility index (Phi) is 3.63. The zero-order valence-corrected chi connectivity index (χ0v) is 9.14. The lowest BCUT2D eigenvalue weighted by molar-refractivity contribution is 0.0481. The zero-order chi connectivity index (χ0) is 10.6. The quantitative estimate of drug-likeness (QED) is 0.777. The van der Waals surface area contributed by atoms with Crippen LogP contribution in [0, 0.1) is 5.92 Å². The molecule has 80 valence electrons. The summed E-state index contributed by atoms with van der Waals surface area (Å²) in [6, 6.07) is 0. The van der Waals surface area contributed by atoms with Crippen molar-refractivity contribution in [2.24, 2.45) is 5.92 Å². The average Bonchev–Trinajstić information content (AvgIpc) is 2.53. The van der Waals surface area contributed by atoms with E-state index < -0.39 is 5.60 Å². The number of nitrogens with zero attached hydrogens (tertiary/aromatic N) is 3. The Hall–Kier alpha value is -0.900. The minimum atomic E-state index is -0.596. The molecule has 0 amide bonds. The summed E-state index contributed by atoms with van der Waals surface area (Å²) in [5, 5.41) is 13.8. The summed E-state index contributed by atoms with van der Waals surface area (Å²) in [4.78, 5) is 3.90. The lowest BCUT2D eigenvalue weighted by Gasteiger charge is -2.23. The van der Waals surface area contributed by atoms with Crippen LogP contribution in [0.3, 0.4) is 0 Å². The summed E-state index contributed by atoms with van der Waals surface area (Å²) in [5.41, 5.74) is -0.596. The van der Waals surface area contributed by atoms with E-state index in [2.05, 4.69) is 17.0 Å². The first-order valence-corrected chi connectivity index (χ1v) is 5.06. The molecule has 0 fully saturated rings. The monoisotopic (exact) mass is 197 g/mol. The molecule has 1 heterocycles. The fourth-order valence-electron chi connectivity index (χ4n) is 1.64. The Bertz CT molecular complexity index is 251. The highest BCUT2D eigenvalue weighted by atomic mass is 16.3.